The quantitative estimate of drug-likeness (QED) is 0.261. The second-order valence-electron chi connectivity index (χ2n) is 10.3. The van der Waals surface area contributed by atoms with Crippen LogP contribution in [0.15, 0.2) is 23.9 Å². The molecular weight excluding hydrogens is 437 g/mol. The van der Waals surface area contributed by atoms with Gasteiger partial charge < -0.3 is 23.5 Å². The number of ether oxygens (including phenoxy) is 3. The van der Waals surface area contributed by atoms with Gasteiger partial charge in [-0.05, 0) is 72.5 Å². The van der Waals surface area contributed by atoms with Crippen LogP contribution in [0.2, 0.25) is 0 Å². The highest BCUT2D eigenvalue weighted by Gasteiger charge is 2.51. The number of rotatable bonds is 8. The van der Waals surface area contributed by atoms with Gasteiger partial charge in [-0.25, -0.2) is 9.59 Å². The van der Waals surface area contributed by atoms with E-state index in [2.05, 4.69) is 12.2 Å². The maximum Gasteiger partial charge on any atom is 0.494 e. The summed E-state index contributed by atoms with van der Waals surface area (Å²) in [7, 11) is 0.647. The lowest BCUT2D eigenvalue weighted by atomic mass is 9.78. The third-order valence-electron chi connectivity index (χ3n) is 5.66. The van der Waals surface area contributed by atoms with Crippen LogP contribution >= 0.6 is 0 Å². The average molecular weight is 475 g/mol. The van der Waals surface area contributed by atoms with E-state index >= 15 is 0 Å². The average Bonchev–Trinajstić information content (AvgIpc) is 2.93. The standard InChI is InChI=1S/C25H38BNO7/c1-10-11-14-31-20-13-12-18(26-33-24(5,6)25(7,8)34-26)15-17(20)16-19(21(28)30-9)27-22(29)32-23(2,3)4/h12-13,15-16H,10-11,14H2,1-9H3,(H,27,29)/b19-16-. The van der Waals surface area contributed by atoms with E-state index < -0.39 is 36.0 Å². The molecule has 1 aliphatic heterocycles. The summed E-state index contributed by atoms with van der Waals surface area (Å²) < 4.78 is 28.5. The molecule has 9 heteroatoms. The number of methoxy groups -OCH3 is 1. The van der Waals surface area contributed by atoms with Gasteiger partial charge in [0, 0.05) is 5.56 Å². The molecule has 1 N–H and O–H groups in total. The summed E-state index contributed by atoms with van der Waals surface area (Å²) in [6.45, 7) is 15.7. The molecule has 1 aromatic rings. The lowest BCUT2D eigenvalue weighted by Gasteiger charge is -2.32. The van der Waals surface area contributed by atoms with Crippen LogP contribution in [0.5, 0.6) is 5.75 Å². The van der Waals surface area contributed by atoms with Crippen LogP contribution in [-0.4, -0.2) is 49.7 Å². The molecule has 1 aromatic carbocycles. The van der Waals surface area contributed by atoms with Gasteiger partial charge >= 0.3 is 19.2 Å². The number of nitrogens with one attached hydrogen (secondary N) is 1. The highest BCUT2D eigenvalue weighted by atomic mass is 16.7. The fraction of sp³-hybridized carbons (Fsp3) is 0.600. The maximum absolute atomic E-state index is 12.4. The predicted octanol–water partition coefficient (Wildman–Crippen LogP) is 4.20. The van der Waals surface area contributed by atoms with E-state index in [0.29, 0.717) is 17.9 Å². The molecule has 0 spiro atoms. The monoisotopic (exact) mass is 475 g/mol. The number of esters is 1. The Morgan fingerprint density at radius 2 is 1.74 bits per heavy atom. The summed E-state index contributed by atoms with van der Waals surface area (Å²) in [5, 5.41) is 2.49. The second-order valence-corrected chi connectivity index (χ2v) is 10.3. The molecule has 0 bridgehead atoms. The van der Waals surface area contributed by atoms with Crippen molar-refractivity contribution in [1.82, 2.24) is 5.32 Å². The molecule has 1 amide bonds. The predicted molar refractivity (Wildman–Crippen MR) is 132 cm³/mol. The molecule has 188 valence electrons. The molecule has 0 saturated carbocycles. The molecule has 1 aliphatic rings. The molecular formula is C25H38BNO7. The second kappa shape index (κ2) is 10.8. The van der Waals surface area contributed by atoms with Crippen LogP contribution in [0.25, 0.3) is 6.08 Å². The fourth-order valence-electron chi connectivity index (χ4n) is 3.09. The Labute approximate surface area is 203 Å². The van der Waals surface area contributed by atoms with Crippen LogP contribution in [-0.2, 0) is 23.6 Å². The van der Waals surface area contributed by atoms with Gasteiger partial charge in [-0.3, -0.25) is 5.32 Å². The van der Waals surface area contributed by atoms with Gasteiger partial charge in [-0.1, -0.05) is 25.5 Å². The summed E-state index contributed by atoms with van der Waals surface area (Å²) in [4.78, 5) is 24.8. The Morgan fingerprint density at radius 3 is 2.26 bits per heavy atom. The van der Waals surface area contributed by atoms with E-state index in [-0.39, 0.29) is 5.70 Å². The Balaban J connectivity index is 2.46. The SMILES string of the molecule is CCCCOc1ccc(B2OC(C)(C)C(C)(C)O2)cc1/C=C(\NC(=O)OC(C)(C)C)C(=O)OC. The van der Waals surface area contributed by atoms with Crippen molar-refractivity contribution in [2.75, 3.05) is 13.7 Å². The number of hydrogen-bond donors (Lipinski definition) is 1. The Kier molecular flexibility index (Phi) is 8.83. The molecule has 0 aliphatic carbocycles. The number of benzene rings is 1. The van der Waals surface area contributed by atoms with Gasteiger partial charge in [0.2, 0.25) is 0 Å². The van der Waals surface area contributed by atoms with Crippen molar-refractivity contribution in [2.45, 2.75) is 85.0 Å². The minimum absolute atomic E-state index is 0.0804. The van der Waals surface area contributed by atoms with Gasteiger partial charge in [0.05, 0.1) is 24.9 Å². The number of carbonyl (C=O) groups is 2. The Morgan fingerprint density at radius 1 is 1.12 bits per heavy atom. The van der Waals surface area contributed by atoms with Gasteiger partial charge in [-0.2, -0.15) is 0 Å². The highest BCUT2D eigenvalue weighted by molar-refractivity contribution is 6.62. The van der Waals surface area contributed by atoms with Crippen molar-refractivity contribution in [3.63, 3.8) is 0 Å². The smallest absolute Gasteiger partial charge is 0.493 e. The first-order valence-corrected chi connectivity index (χ1v) is 11.6. The highest BCUT2D eigenvalue weighted by Crippen LogP contribution is 2.36. The summed E-state index contributed by atoms with van der Waals surface area (Å²) in [5.74, 6) is -0.160. The molecule has 1 fully saturated rings. The van der Waals surface area contributed by atoms with Crippen LogP contribution in [0.4, 0.5) is 4.79 Å². The lowest BCUT2D eigenvalue weighted by Crippen LogP contribution is -2.41. The van der Waals surface area contributed by atoms with Crippen molar-refractivity contribution in [2.24, 2.45) is 0 Å². The third kappa shape index (κ3) is 7.24. The van der Waals surface area contributed by atoms with E-state index in [0.717, 1.165) is 18.3 Å². The topological polar surface area (TPSA) is 92.3 Å². The first-order valence-electron chi connectivity index (χ1n) is 11.6. The van der Waals surface area contributed by atoms with E-state index in [1.807, 2.05) is 45.9 Å². The minimum Gasteiger partial charge on any atom is -0.493 e. The zero-order chi connectivity index (χ0) is 25.7. The number of carbonyl (C=O) groups excluding carboxylic acids is 2. The molecule has 0 radical (unpaired) electrons. The third-order valence-corrected chi connectivity index (χ3v) is 5.66. The van der Waals surface area contributed by atoms with Gasteiger partial charge in [0.15, 0.2) is 0 Å². The van der Waals surface area contributed by atoms with E-state index in [1.54, 1.807) is 20.8 Å². The summed E-state index contributed by atoms with van der Waals surface area (Å²) in [6, 6.07) is 5.51. The summed E-state index contributed by atoms with van der Waals surface area (Å²) in [5.41, 5.74) is -0.480. The maximum atomic E-state index is 12.4. The molecule has 0 unspecified atom stereocenters. The van der Waals surface area contributed by atoms with Crippen molar-refractivity contribution in [3.8, 4) is 5.75 Å². The van der Waals surface area contributed by atoms with Crippen molar-refractivity contribution in [3.05, 3.63) is 29.5 Å². The lowest BCUT2D eigenvalue weighted by molar-refractivity contribution is -0.136. The zero-order valence-corrected chi connectivity index (χ0v) is 21.9. The summed E-state index contributed by atoms with van der Waals surface area (Å²) >= 11 is 0. The molecule has 0 atom stereocenters. The van der Waals surface area contributed by atoms with E-state index in [4.69, 9.17) is 23.5 Å². The largest absolute Gasteiger partial charge is 0.494 e. The van der Waals surface area contributed by atoms with Crippen LogP contribution in [0.1, 0.15) is 73.8 Å². The first kappa shape index (κ1) is 27.7. The van der Waals surface area contributed by atoms with Gasteiger partial charge in [0.25, 0.3) is 0 Å². The van der Waals surface area contributed by atoms with E-state index in [9.17, 15) is 9.59 Å². The molecule has 1 saturated heterocycles. The minimum atomic E-state index is -0.764. The number of amides is 1. The van der Waals surface area contributed by atoms with Crippen molar-refractivity contribution in [1.29, 1.82) is 0 Å². The molecule has 2 rings (SSSR count). The van der Waals surface area contributed by atoms with E-state index in [1.165, 1.54) is 13.2 Å². The van der Waals surface area contributed by atoms with Crippen LogP contribution < -0.4 is 15.5 Å². The Bertz CT molecular complexity index is 902. The normalized spacial score (nSPS) is 17.3. The molecule has 34 heavy (non-hydrogen) atoms. The van der Waals surface area contributed by atoms with Gasteiger partial charge in [0.1, 0.15) is 17.0 Å². The molecule has 1 heterocycles. The van der Waals surface area contributed by atoms with Crippen LogP contribution in [0.3, 0.4) is 0 Å². The number of alkyl carbamates (subject to hydrolysis) is 1. The number of unbranched alkanes of at least 4 members (excludes halogenated alkanes) is 1. The number of hydrogen-bond acceptors (Lipinski definition) is 7. The summed E-state index contributed by atoms with van der Waals surface area (Å²) in [6.07, 6.45) is 2.60. The van der Waals surface area contributed by atoms with Crippen LogP contribution in [0, 0.1) is 0 Å². The fourth-order valence-corrected chi connectivity index (χ4v) is 3.09. The zero-order valence-electron chi connectivity index (χ0n) is 21.9. The first-order chi connectivity index (χ1) is 15.7. The molecule has 8 nitrogen and oxygen atoms in total. The molecule has 0 aromatic heterocycles. The van der Waals surface area contributed by atoms with Gasteiger partial charge in [-0.15, -0.1) is 0 Å². The Hall–Kier alpha value is -2.52. The van der Waals surface area contributed by atoms with Crippen molar-refractivity contribution >= 4 is 30.7 Å². The van der Waals surface area contributed by atoms with Crippen molar-refractivity contribution < 1.29 is 33.1 Å².